The van der Waals surface area contributed by atoms with Crippen LogP contribution in [0.1, 0.15) is 29.3 Å². The monoisotopic (exact) mass is 236 g/mol. The molecule has 1 atom stereocenters. The van der Waals surface area contributed by atoms with E-state index in [1.165, 1.54) is 0 Å². The van der Waals surface area contributed by atoms with Gasteiger partial charge in [0.1, 0.15) is 0 Å². The summed E-state index contributed by atoms with van der Waals surface area (Å²) in [5.74, 6) is -0.0718. The molecule has 0 aliphatic rings. The molecule has 0 fully saturated rings. The second-order valence-corrected chi connectivity index (χ2v) is 3.94. The van der Waals surface area contributed by atoms with E-state index < -0.39 is 0 Å². The lowest BCUT2D eigenvalue weighted by Crippen LogP contribution is -2.37. The molecule has 4 heteroatoms. The maximum absolute atomic E-state index is 11.9. The van der Waals surface area contributed by atoms with Crippen molar-refractivity contribution in [2.45, 2.75) is 25.9 Å². The first-order valence-electron chi connectivity index (χ1n) is 5.80. The zero-order valence-electron chi connectivity index (χ0n) is 10.4. The summed E-state index contributed by atoms with van der Waals surface area (Å²) >= 11 is 0. The van der Waals surface area contributed by atoms with E-state index in [1.54, 1.807) is 19.2 Å². The highest BCUT2D eigenvalue weighted by Gasteiger charge is 2.11. The number of nitrogens with two attached hydrogens (primary N) is 1. The fourth-order valence-corrected chi connectivity index (χ4v) is 1.52. The predicted octanol–water partition coefficient (Wildman–Crippen LogP) is 1.30. The highest BCUT2D eigenvalue weighted by molar-refractivity contribution is 5.94. The third-order valence-electron chi connectivity index (χ3n) is 2.65. The lowest BCUT2D eigenvalue weighted by molar-refractivity contribution is 0.0894. The molecule has 0 spiro atoms. The van der Waals surface area contributed by atoms with Crippen molar-refractivity contribution < 1.29 is 9.53 Å². The molecule has 0 aliphatic heterocycles. The fourth-order valence-electron chi connectivity index (χ4n) is 1.52. The van der Waals surface area contributed by atoms with E-state index in [0.717, 1.165) is 12.0 Å². The fraction of sp³-hybridized carbons (Fsp3) is 0.462. The van der Waals surface area contributed by atoms with Gasteiger partial charge in [-0.15, -0.1) is 0 Å². The summed E-state index contributed by atoms with van der Waals surface area (Å²) in [5.41, 5.74) is 7.17. The quantitative estimate of drug-likeness (QED) is 0.782. The van der Waals surface area contributed by atoms with E-state index in [9.17, 15) is 4.79 Å². The van der Waals surface area contributed by atoms with Crippen LogP contribution in [0.15, 0.2) is 24.3 Å². The zero-order chi connectivity index (χ0) is 12.7. The molecule has 1 unspecified atom stereocenters. The molecule has 0 heterocycles. The molecule has 1 rings (SSSR count). The molecule has 94 valence electrons. The Morgan fingerprint density at radius 2 is 2.06 bits per heavy atom. The number of methoxy groups -OCH3 is 1. The van der Waals surface area contributed by atoms with E-state index in [-0.39, 0.29) is 11.9 Å². The van der Waals surface area contributed by atoms with Crippen LogP contribution >= 0.6 is 0 Å². The Hall–Kier alpha value is -1.39. The van der Waals surface area contributed by atoms with Gasteiger partial charge in [0.05, 0.1) is 12.6 Å². The minimum atomic E-state index is -0.0718. The molecule has 1 amide bonds. The first kappa shape index (κ1) is 13.7. The molecule has 0 saturated heterocycles. The Morgan fingerprint density at radius 3 is 2.53 bits per heavy atom. The number of benzene rings is 1. The summed E-state index contributed by atoms with van der Waals surface area (Å²) in [6.45, 7) is 3.04. The van der Waals surface area contributed by atoms with Gasteiger partial charge in [-0.05, 0) is 24.1 Å². The number of hydrogen-bond acceptors (Lipinski definition) is 3. The van der Waals surface area contributed by atoms with Gasteiger partial charge in [0.2, 0.25) is 0 Å². The number of carbonyl (C=O) groups is 1. The Bertz CT molecular complexity index is 349. The number of rotatable bonds is 6. The second-order valence-electron chi connectivity index (χ2n) is 3.94. The molecule has 0 radical (unpaired) electrons. The SMILES string of the molecule is CCC(COC)NC(=O)c1ccc(CN)cc1. The first-order valence-corrected chi connectivity index (χ1v) is 5.80. The largest absolute Gasteiger partial charge is 0.383 e. The minimum Gasteiger partial charge on any atom is -0.383 e. The Balaban J connectivity index is 2.62. The summed E-state index contributed by atoms with van der Waals surface area (Å²) < 4.78 is 5.04. The molecular formula is C13H20N2O2. The van der Waals surface area contributed by atoms with Crippen LogP contribution in [-0.4, -0.2) is 25.7 Å². The lowest BCUT2D eigenvalue weighted by Gasteiger charge is -2.15. The molecular weight excluding hydrogens is 216 g/mol. The Morgan fingerprint density at radius 1 is 1.41 bits per heavy atom. The van der Waals surface area contributed by atoms with Crippen LogP contribution in [0.2, 0.25) is 0 Å². The summed E-state index contributed by atoms with van der Waals surface area (Å²) in [7, 11) is 1.63. The van der Waals surface area contributed by atoms with E-state index >= 15 is 0 Å². The van der Waals surface area contributed by atoms with E-state index in [0.29, 0.717) is 18.7 Å². The van der Waals surface area contributed by atoms with Crippen LogP contribution in [0, 0.1) is 0 Å². The molecule has 0 bridgehead atoms. The lowest BCUT2D eigenvalue weighted by atomic mass is 10.1. The van der Waals surface area contributed by atoms with Crippen molar-refractivity contribution >= 4 is 5.91 Å². The van der Waals surface area contributed by atoms with Crippen molar-refractivity contribution in [2.75, 3.05) is 13.7 Å². The summed E-state index contributed by atoms with van der Waals surface area (Å²) in [4.78, 5) is 11.9. The smallest absolute Gasteiger partial charge is 0.251 e. The number of hydrogen-bond donors (Lipinski definition) is 2. The Kier molecular flexibility index (Phi) is 5.66. The van der Waals surface area contributed by atoms with Gasteiger partial charge in [0, 0.05) is 19.2 Å². The zero-order valence-corrected chi connectivity index (χ0v) is 10.4. The van der Waals surface area contributed by atoms with Gasteiger partial charge in [0.25, 0.3) is 5.91 Å². The van der Waals surface area contributed by atoms with Crippen LogP contribution in [0.3, 0.4) is 0 Å². The third-order valence-corrected chi connectivity index (χ3v) is 2.65. The van der Waals surface area contributed by atoms with Gasteiger partial charge >= 0.3 is 0 Å². The summed E-state index contributed by atoms with van der Waals surface area (Å²) in [5, 5.41) is 2.93. The van der Waals surface area contributed by atoms with Gasteiger partial charge < -0.3 is 15.8 Å². The number of carbonyl (C=O) groups excluding carboxylic acids is 1. The Labute approximate surface area is 102 Å². The number of nitrogens with one attached hydrogen (secondary N) is 1. The van der Waals surface area contributed by atoms with Crippen molar-refractivity contribution in [3.63, 3.8) is 0 Å². The second kappa shape index (κ2) is 7.04. The molecule has 17 heavy (non-hydrogen) atoms. The number of ether oxygens (including phenoxy) is 1. The van der Waals surface area contributed by atoms with Gasteiger partial charge in [-0.25, -0.2) is 0 Å². The van der Waals surface area contributed by atoms with E-state index in [2.05, 4.69) is 5.32 Å². The standard InChI is InChI=1S/C13H20N2O2/c1-3-12(9-17-2)15-13(16)11-6-4-10(8-14)5-7-11/h4-7,12H,3,8-9,14H2,1-2H3,(H,15,16). The van der Waals surface area contributed by atoms with Gasteiger partial charge in [-0.1, -0.05) is 19.1 Å². The van der Waals surface area contributed by atoms with Crippen molar-refractivity contribution in [3.05, 3.63) is 35.4 Å². The minimum absolute atomic E-state index is 0.0571. The normalized spacial score (nSPS) is 12.2. The average molecular weight is 236 g/mol. The van der Waals surface area contributed by atoms with Gasteiger partial charge in [0.15, 0.2) is 0 Å². The molecule has 1 aromatic carbocycles. The average Bonchev–Trinajstić information content (AvgIpc) is 2.38. The van der Waals surface area contributed by atoms with Crippen LogP contribution in [0.5, 0.6) is 0 Å². The highest BCUT2D eigenvalue weighted by Crippen LogP contribution is 2.04. The first-order chi connectivity index (χ1) is 8.21. The van der Waals surface area contributed by atoms with Crippen molar-refractivity contribution in [2.24, 2.45) is 5.73 Å². The van der Waals surface area contributed by atoms with Crippen LogP contribution in [0.4, 0.5) is 0 Å². The van der Waals surface area contributed by atoms with Crippen LogP contribution in [0.25, 0.3) is 0 Å². The predicted molar refractivity (Wildman–Crippen MR) is 67.8 cm³/mol. The molecule has 0 aromatic heterocycles. The molecule has 4 nitrogen and oxygen atoms in total. The molecule has 3 N–H and O–H groups in total. The van der Waals surface area contributed by atoms with E-state index in [4.69, 9.17) is 10.5 Å². The van der Waals surface area contributed by atoms with Crippen LogP contribution in [-0.2, 0) is 11.3 Å². The van der Waals surface area contributed by atoms with Gasteiger partial charge in [-0.3, -0.25) is 4.79 Å². The summed E-state index contributed by atoms with van der Waals surface area (Å²) in [6.07, 6.45) is 0.848. The maximum Gasteiger partial charge on any atom is 0.251 e. The van der Waals surface area contributed by atoms with Gasteiger partial charge in [-0.2, -0.15) is 0 Å². The number of amides is 1. The highest BCUT2D eigenvalue weighted by atomic mass is 16.5. The van der Waals surface area contributed by atoms with Crippen molar-refractivity contribution in [1.29, 1.82) is 0 Å². The molecule has 1 aromatic rings. The topological polar surface area (TPSA) is 64.3 Å². The molecule has 0 aliphatic carbocycles. The third kappa shape index (κ3) is 4.17. The summed E-state index contributed by atoms with van der Waals surface area (Å²) in [6, 6.07) is 7.37. The van der Waals surface area contributed by atoms with Crippen molar-refractivity contribution in [3.8, 4) is 0 Å². The van der Waals surface area contributed by atoms with Crippen LogP contribution < -0.4 is 11.1 Å². The maximum atomic E-state index is 11.9. The van der Waals surface area contributed by atoms with Crippen molar-refractivity contribution in [1.82, 2.24) is 5.32 Å². The van der Waals surface area contributed by atoms with E-state index in [1.807, 2.05) is 19.1 Å². The molecule has 0 saturated carbocycles.